The molecule has 2 rings (SSSR count). The molecule has 6 nitrogen and oxygen atoms in total. The minimum absolute atomic E-state index is 0.276. The third kappa shape index (κ3) is 2.51. The van der Waals surface area contributed by atoms with Crippen LogP contribution in [0.25, 0.3) is 0 Å². The Hall–Kier alpha value is -1.87. The van der Waals surface area contributed by atoms with E-state index in [0.29, 0.717) is 18.5 Å². The quantitative estimate of drug-likeness (QED) is 0.806. The van der Waals surface area contributed by atoms with Crippen molar-refractivity contribution in [1.82, 2.24) is 19.8 Å². The summed E-state index contributed by atoms with van der Waals surface area (Å²) < 4.78 is 1.71. The number of piperidine rings is 1. The van der Waals surface area contributed by atoms with Crippen LogP contribution in [0.3, 0.4) is 0 Å². The fourth-order valence-electron chi connectivity index (χ4n) is 2.08. The maximum Gasteiger partial charge on any atom is 0.272 e. The monoisotopic (exact) mass is 247 g/mol. The smallest absolute Gasteiger partial charge is 0.272 e. The number of carbonyl (C=O) groups is 1. The lowest BCUT2D eigenvalue weighted by molar-refractivity contribution is 0.0877. The lowest BCUT2D eigenvalue weighted by Gasteiger charge is -2.35. The van der Waals surface area contributed by atoms with Crippen LogP contribution in [0.2, 0.25) is 0 Å². The van der Waals surface area contributed by atoms with Gasteiger partial charge < -0.3 is 14.8 Å². The molecule has 0 saturated carbocycles. The zero-order chi connectivity index (χ0) is 13.2. The number of aromatic nitrogens is 2. The van der Waals surface area contributed by atoms with Crippen LogP contribution in [-0.4, -0.2) is 46.0 Å². The number of hydrogen-bond acceptors (Lipinski definition) is 4. The first-order chi connectivity index (χ1) is 8.54. The topological polar surface area (TPSA) is 74.0 Å². The number of nitrogens with zero attached hydrogens (tertiary/aromatic N) is 4. The van der Waals surface area contributed by atoms with Crippen molar-refractivity contribution in [3.63, 3.8) is 0 Å². The van der Waals surface area contributed by atoms with Gasteiger partial charge in [-0.1, -0.05) is 0 Å². The molecule has 1 fully saturated rings. The summed E-state index contributed by atoms with van der Waals surface area (Å²) in [4.78, 5) is 18.2. The Bertz CT molecular complexity index is 479. The molecule has 0 spiro atoms. The van der Waals surface area contributed by atoms with Crippen LogP contribution in [-0.2, 0) is 7.05 Å². The Morgan fingerprint density at radius 1 is 1.50 bits per heavy atom. The highest BCUT2D eigenvalue weighted by molar-refractivity contribution is 5.92. The summed E-state index contributed by atoms with van der Waals surface area (Å²) in [5.74, 6) is -0.276. The van der Waals surface area contributed by atoms with Gasteiger partial charge in [-0.05, 0) is 19.9 Å². The van der Waals surface area contributed by atoms with Gasteiger partial charge in [0.1, 0.15) is 11.2 Å². The Labute approximate surface area is 106 Å². The standard InChI is InChI=1S/C12H17N5O/c1-16-5-3-12(8-13,4-6-16)15-11(18)10-7-17(2)9-14-10/h7,9H,3-6H2,1-2H3,(H,15,18). The second-order valence-corrected chi connectivity index (χ2v) is 4.88. The van der Waals surface area contributed by atoms with E-state index in [-0.39, 0.29) is 5.91 Å². The summed E-state index contributed by atoms with van der Waals surface area (Å²) in [6.45, 7) is 1.63. The van der Waals surface area contributed by atoms with E-state index < -0.39 is 5.54 Å². The predicted molar refractivity (Wildman–Crippen MR) is 65.7 cm³/mol. The van der Waals surface area contributed by atoms with Gasteiger partial charge in [0.05, 0.1) is 12.4 Å². The Morgan fingerprint density at radius 3 is 2.67 bits per heavy atom. The van der Waals surface area contributed by atoms with Gasteiger partial charge in [-0.15, -0.1) is 0 Å². The molecular formula is C12H17N5O. The molecule has 18 heavy (non-hydrogen) atoms. The predicted octanol–water partition coefficient (Wildman–Crippen LogP) is 0.138. The molecule has 0 aliphatic carbocycles. The summed E-state index contributed by atoms with van der Waals surface area (Å²) in [6.07, 6.45) is 4.52. The van der Waals surface area contributed by atoms with E-state index in [1.165, 1.54) is 0 Å². The largest absolute Gasteiger partial charge is 0.340 e. The number of nitrogens with one attached hydrogen (secondary N) is 1. The highest BCUT2D eigenvalue weighted by atomic mass is 16.2. The van der Waals surface area contributed by atoms with Crippen molar-refractivity contribution in [2.75, 3.05) is 20.1 Å². The maximum atomic E-state index is 12.0. The van der Waals surface area contributed by atoms with Gasteiger partial charge in [0.15, 0.2) is 0 Å². The number of likely N-dealkylation sites (tertiary alicyclic amines) is 1. The fourth-order valence-corrected chi connectivity index (χ4v) is 2.08. The van der Waals surface area contributed by atoms with E-state index in [1.54, 1.807) is 24.1 Å². The lowest BCUT2D eigenvalue weighted by atomic mass is 9.89. The molecule has 6 heteroatoms. The first kappa shape index (κ1) is 12.6. The molecule has 1 aromatic rings. The summed E-state index contributed by atoms with van der Waals surface area (Å²) in [5.41, 5.74) is -0.396. The van der Waals surface area contributed by atoms with E-state index in [2.05, 4.69) is 21.3 Å². The van der Waals surface area contributed by atoms with Crippen molar-refractivity contribution in [1.29, 1.82) is 5.26 Å². The molecule has 1 aliphatic heterocycles. The Kier molecular flexibility index (Phi) is 3.34. The molecule has 2 heterocycles. The molecule has 0 radical (unpaired) electrons. The molecule has 0 atom stereocenters. The molecule has 1 saturated heterocycles. The van der Waals surface area contributed by atoms with Crippen molar-refractivity contribution >= 4 is 5.91 Å². The van der Waals surface area contributed by atoms with E-state index in [4.69, 9.17) is 0 Å². The van der Waals surface area contributed by atoms with Gasteiger partial charge in [-0.25, -0.2) is 4.98 Å². The van der Waals surface area contributed by atoms with E-state index in [0.717, 1.165) is 13.1 Å². The van der Waals surface area contributed by atoms with Crippen LogP contribution in [0.4, 0.5) is 0 Å². The summed E-state index contributed by atoms with van der Waals surface area (Å²) in [6, 6.07) is 2.25. The number of aryl methyl sites for hydroxylation is 1. The fraction of sp³-hybridized carbons (Fsp3) is 0.583. The molecule has 1 N–H and O–H groups in total. The van der Waals surface area contributed by atoms with Crippen molar-refractivity contribution in [3.05, 3.63) is 18.2 Å². The second-order valence-electron chi connectivity index (χ2n) is 4.88. The maximum absolute atomic E-state index is 12.0. The lowest BCUT2D eigenvalue weighted by Crippen LogP contribution is -2.53. The molecule has 1 amide bonds. The third-order valence-corrected chi connectivity index (χ3v) is 3.34. The number of amides is 1. The van der Waals surface area contributed by atoms with Gasteiger partial charge in [-0.2, -0.15) is 5.26 Å². The average molecular weight is 247 g/mol. The Morgan fingerprint density at radius 2 is 2.17 bits per heavy atom. The van der Waals surface area contributed by atoms with Crippen molar-refractivity contribution in [2.24, 2.45) is 7.05 Å². The molecule has 0 unspecified atom stereocenters. The minimum atomic E-state index is -0.749. The molecule has 0 bridgehead atoms. The molecule has 1 aliphatic rings. The molecule has 1 aromatic heterocycles. The van der Waals surface area contributed by atoms with Crippen LogP contribution in [0, 0.1) is 11.3 Å². The van der Waals surface area contributed by atoms with Crippen molar-refractivity contribution in [2.45, 2.75) is 18.4 Å². The SMILES string of the molecule is CN1CCC(C#N)(NC(=O)c2cn(C)cn2)CC1. The van der Waals surface area contributed by atoms with Gasteiger partial charge >= 0.3 is 0 Å². The number of carbonyl (C=O) groups excluding carboxylic acids is 1. The van der Waals surface area contributed by atoms with Gasteiger partial charge in [0, 0.05) is 26.3 Å². The van der Waals surface area contributed by atoms with Crippen LogP contribution in [0.5, 0.6) is 0 Å². The summed E-state index contributed by atoms with van der Waals surface area (Å²) in [7, 11) is 3.82. The van der Waals surface area contributed by atoms with Gasteiger partial charge in [-0.3, -0.25) is 4.79 Å². The number of hydrogen-bond donors (Lipinski definition) is 1. The normalized spacial score (nSPS) is 19.2. The number of imidazole rings is 1. The summed E-state index contributed by atoms with van der Waals surface area (Å²) >= 11 is 0. The average Bonchev–Trinajstić information content (AvgIpc) is 2.79. The zero-order valence-corrected chi connectivity index (χ0v) is 10.7. The molecule has 96 valence electrons. The van der Waals surface area contributed by atoms with Gasteiger partial charge in [0.2, 0.25) is 0 Å². The van der Waals surface area contributed by atoms with Crippen molar-refractivity contribution in [3.8, 4) is 6.07 Å². The van der Waals surface area contributed by atoms with Crippen molar-refractivity contribution < 1.29 is 4.79 Å². The summed E-state index contributed by atoms with van der Waals surface area (Å²) in [5, 5.41) is 12.1. The van der Waals surface area contributed by atoms with Crippen LogP contribution in [0.1, 0.15) is 23.3 Å². The van der Waals surface area contributed by atoms with E-state index in [9.17, 15) is 10.1 Å². The zero-order valence-electron chi connectivity index (χ0n) is 10.7. The number of nitriles is 1. The highest BCUT2D eigenvalue weighted by Gasteiger charge is 2.35. The second kappa shape index (κ2) is 4.78. The first-order valence-corrected chi connectivity index (χ1v) is 5.95. The number of rotatable bonds is 2. The van der Waals surface area contributed by atoms with Crippen LogP contribution >= 0.6 is 0 Å². The first-order valence-electron chi connectivity index (χ1n) is 5.95. The molecule has 0 aromatic carbocycles. The molecular weight excluding hydrogens is 230 g/mol. The minimum Gasteiger partial charge on any atom is -0.340 e. The van der Waals surface area contributed by atoms with Crippen LogP contribution < -0.4 is 5.32 Å². The highest BCUT2D eigenvalue weighted by Crippen LogP contribution is 2.21. The Balaban J connectivity index is 2.07. The van der Waals surface area contributed by atoms with Crippen LogP contribution in [0.15, 0.2) is 12.5 Å². The van der Waals surface area contributed by atoms with Gasteiger partial charge in [0.25, 0.3) is 5.91 Å². The van der Waals surface area contributed by atoms with E-state index >= 15 is 0 Å². The van der Waals surface area contributed by atoms with E-state index in [1.807, 2.05) is 7.05 Å². The third-order valence-electron chi connectivity index (χ3n) is 3.34.